The molecule has 14 heavy (non-hydrogen) atoms. The van der Waals surface area contributed by atoms with Gasteiger partial charge in [0.25, 0.3) is 0 Å². The monoisotopic (exact) mass is 199 g/mol. The average molecular weight is 199 g/mol. The molecule has 1 atom stereocenters. The molecule has 1 aliphatic rings. The second-order valence-corrected chi connectivity index (χ2v) is 4.03. The fraction of sp³-hybridized carbons (Fsp3) is 0.909. The van der Waals surface area contributed by atoms with Crippen LogP contribution in [0, 0.1) is 5.92 Å². The van der Waals surface area contributed by atoms with E-state index in [4.69, 9.17) is 4.74 Å². The van der Waals surface area contributed by atoms with Gasteiger partial charge in [-0.3, -0.25) is 4.79 Å². The SMILES string of the molecule is CCCCN(C)C(=O)C1CCCOC1. The van der Waals surface area contributed by atoms with E-state index >= 15 is 0 Å². The summed E-state index contributed by atoms with van der Waals surface area (Å²) in [5.41, 5.74) is 0. The lowest BCUT2D eigenvalue weighted by molar-refractivity contribution is -0.138. The van der Waals surface area contributed by atoms with Crippen LogP contribution in [0.5, 0.6) is 0 Å². The molecule has 3 nitrogen and oxygen atoms in total. The van der Waals surface area contributed by atoms with Crippen molar-refractivity contribution in [2.24, 2.45) is 5.92 Å². The molecule has 1 saturated heterocycles. The third-order valence-corrected chi connectivity index (χ3v) is 2.73. The molecule has 1 amide bonds. The Balaban J connectivity index is 2.30. The Hall–Kier alpha value is -0.570. The zero-order valence-corrected chi connectivity index (χ0v) is 9.29. The van der Waals surface area contributed by atoms with Crippen LogP contribution in [0.1, 0.15) is 32.6 Å². The highest BCUT2D eigenvalue weighted by atomic mass is 16.5. The molecule has 0 aliphatic carbocycles. The van der Waals surface area contributed by atoms with E-state index in [0.29, 0.717) is 6.61 Å². The number of amides is 1. The van der Waals surface area contributed by atoms with Gasteiger partial charge in [0.05, 0.1) is 12.5 Å². The summed E-state index contributed by atoms with van der Waals surface area (Å²) in [6, 6.07) is 0. The maximum absolute atomic E-state index is 11.8. The molecule has 0 aromatic rings. The normalized spacial score (nSPS) is 22.0. The van der Waals surface area contributed by atoms with Gasteiger partial charge in [-0.05, 0) is 19.3 Å². The van der Waals surface area contributed by atoms with Crippen molar-refractivity contribution < 1.29 is 9.53 Å². The second kappa shape index (κ2) is 6.02. The first-order chi connectivity index (χ1) is 6.75. The van der Waals surface area contributed by atoms with Crippen molar-refractivity contribution in [2.75, 3.05) is 26.8 Å². The molecule has 0 aromatic heterocycles. The van der Waals surface area contributed by atoms with E-state index in [9.17, 15) is 4.79 Å². The van der Waals surface area contributed by atoms with Gasteiger partial charge in [0.15, 0.2) is 0 Å². The van der Waals surface area contributed by atoms with Gasteiger partial charge in [0.1, 0.15) is 0 Å². The first kappa shape index (κ1) is 11.5. The molecule has 0 spiro atoms. The van der Waals surface area contributed by atoms with Crippen molar-refractivity contribution in [3.05, 3.63) is 0 Å². The minimum atomic E-state index is 0.116. The molecular weight excluding hydrogens is 178 g/mol. The third kappa shape index (κ3) is 3.29. The Kier molecular flexibility index (Phi) is 4.94. The summed E-state index contributed by atoms with van der Waals surface area (Å²) in [4.78, 5) is 13.7. The Bertz CT molecular complexity index is 176. The van der Waals surface area contributed by atoms with Crippen LogP contribution >= 0.6 is 0 Å². The number of unbranched alkanes of at least 4 members (excludes halogenated alkanes) is 1. The lowest BCUT2D eigenvalue weighted by Gasteiger charge is -2.26. The number of hydrogen-bond donors (Lipinski definition) is 0. The summed E-state index contributed by atoms with van der Waals surface area (Å²) in [5, 5.41) is 0. The molecule has 82 valence electrons. The molecule has 1 aliphatic heterocycles. The number of rotatable bonds is 4. The number of ether oxygens (including phenoxy) is 1. The van der Waals surface area contributed by atoms with Crippen molar-refractivity contribution in [3.63, 3.8) is 0 Å². The molecule has 1 rings (SSSR count). The number of carbonyl (C=O) groups is 1. The highest BCUT2D eigenvalue weighted by molar-refractivity contribution is 5.78. The van der Waals surface area contributed by atoms with Crippen LogP contribution < -0.4 is 0 Å². The van der Waals surface area contributed by atoms with Crippen molar-refractivity contribution in [2.45, 2.75) is 32.6 Å². The predicted octanol–water partition coefficient (Wildman–Crippen LogP) is 1.67. The van der Waals surface area contributed by atoms with Crippen molar-refractivity contribution >= 4 is 5.91 Å². The van der Waals surface area contributed by atoms with Gasteiger partial charge in [-0.2, -0.15) is 0 Å². The van der Waals surface area contributed by atoms with E-state index in [2.05, 4.69) is 6.92 Å². The molecule has 1 heterocycles. The summed E-state index contributed by atoms with van der Waals surface area (Å²) in [6.45, 7) is 4.46. The van der Waals surface area contributed by atoms with Gasteiger partial charge in [0, 0.05) is 20.2 Å². The van der Waals surface area contributed by atoms with E-state index in [1.54, 1.807) is 0 Å². The third-order valence-electron chi connectivity index (χ3n) is 2.73. The molecular formula is C11H21NO2. The summed E-state index contributed by atoms with van der Waals surface area (Å²) in [6.07, 6.45) is 4.25. The van der Waals surface area contributed by atoms with E-state index < -0.39 is 0 Å². The molecule has 0 radical (unpaired) electrons. The van der Waals surface area contributed by atoms with E-state index in [0.717, 1.165) is 38.8 Å². The standard InChI is InChI=1S/C11H21NO2/c1-3-4-7-12(2)11(13)10-6-5-8-14-9-10/h10H,3-9H2,1-2H3. The van der Waals surface area contributed by atoms with Crippen LogP contribution in [-0.4, -0.2) is 37.6 Å². The zero-order chi connectivity index (χ0) is 10.4. The lowest BCUT2D eigenvalue weighted by Crippen LogP contribution is -2.37. The highest BCUT2D eigenvalue weighted by Gasteiger charge is 2.24. The topological polar surface area (TPSA) is 29.5 Å². The maximum Gasteiger partial charge on any atom is 0.227 e. The van der Waals surface area contributed by atoms with E-state index in [-0.39, 0.29) is 11.8 Å². The number of carbonyl (C=O) groups excluding carboxylic acids is 1. The summed E-state index contributed by atoms with van der Waals surface area (Å²) >= 11 is 0. The van der Waals surface area contributed by atoms with Gasteiger partial charge in [0.2, 0.25) is 5.91 Å². The minimum Gasteiger partial charge on any atom is -0.381 e. The van der Waals surface area contributed by atoms with E-state index in [1.807, 2.05) is 11.9 Å². The van der Waals surface area contributed by atoms with Gasteiger partial charge < -0.3 is 9.64 Å². The van der Waals surface area contributed by atoms with Crippen LogP contribution in [0.15, 0.2) is 0 Å². The van der Waals surface area contributed by atoms with Crippen molar-refractivity contribution in [3.8, 4) is 0 Å². The van der Waals surface area contributed by atoms with Crippen LogP contribution in [-0.2, 0) is 9.53 Å². The highest BCUT2D eigenvalue weighted by Crippen LogP contribution is 2.15. The van der Waals surface area contributed by atoms with E-state index in [1.165, 1.54) is 0 Å². The summed E-state index contributed by atoms with van der Waals surface area (Å²) < 4.78 is 5.31. The Morgan fingerprint density at radius 2 is 2.36 bits per heavy atom. The van der Waals surface area contributed by atoms with Crippen molar-refractivity contribution in [1.82, 2.24) is 4.90 Å². The maximum atomic E-state index is 11.8. The Morgan fingerprint density at radius 1 is 1.57 bits per heavy atom. The first-order valence-electron chi connectivity index (χ1n) is 5.58. The molecule has 1 unspecified atom stereocenters. The van der Waals surface area contributed by atoms with Crippen LogP contribution in [0.25, 0.3) is 0 Å². The van der Waals surface area contributed by atoms with Crippen LogP contribution in [0.2, 0.25) is 0 Å². The quantitative estimate of drug-likeness (QED) is 0.689. The number of hydrogen-bond acceptors (Lipinski definition) is 2. The summed E-state index contributed by atoms with van der Waals surface area (Å²) in [7, 11) is 1.90. The molecule has 0 saturated carbocycles. The fourth-order valence-corrected chi connectivity index (χ4v) is 1.75. The second-order valence-electron chi connectivity index (χ2n) is 4.03. The first-order valence-corrected chi connectivity index (χ1v) is 5.58. The molecule has 0 bridgehead atoms. The van der Waals surface area contributed by atoms with Gasteiger partial charge in [-0.15, -0.1) is 0 Å². The zero-order valence-electron chi connectivity index (χ0n) is 9.29. The molecule has 0 N–H and O–H groups in total. The smallest absolute Gasteiger partial charge is 0.227 e. The van der Waals surface area contributed by atoms with Gasteiger partial charge >= 0.3 is 0 Å². The van der Waals surface area contributed by atoms with Crippen LogP contribution in [0.3, 0.4) is 0 Å². The molecule has 1 fully saturated rings. The van der Waals surface area contributed by atoms with Crippen LogP contribution in [0.4, 0.5) is 0 Å². The fourth-order valence-electron chi connectivity index (χ4n) is 1.75. The predicted molar refractivity (Wildman–Crippen MR) is 56.1 cm³/mol. The van der Waals surface area contributed by atoms with Gasteiger partial charge in [-0.25, -0.2) is 0 Å². The largest absolute Gasteiger partial charge is 0.381 e. The average Bonchev–Trinajstić information content (AvgIpc) is 2.26. The van der Waals surface area contributed by atoms with Crippen molar-refractivity contribution in [1.29, 1.82) is 0 Å². The Morgan fingerprint density at radius 3 is 2.93 bits per heavy atom. The summed E-state index contributed by atoms with van der Waals surface area (Å²) in [5.74, 6) is 0.378. The lowest BCUT2D eigenvalue weighted by atomic mass is 10.0. The minimum absolute atomic E-state index is 0.116. The molecule has 0 aromatic carbocycles. The molecule has 3 heteroatoms. The van der Waals surface area contributed by atoms with Gasteiger partial charge in [-0.1, -0.05) is 13.3 Å². The number of nitrogens with zero attached hydrogens (tertiary/aromatic N) is 1. The Labute approximate surface area is 86.4 Å².